The van der Waals surface area contributed by atoms with Crippen LogP contribution in [0.2, 0.25) is 0 Å². The lowest BCUT2D eigenvalue weighted by molar-refractivity contribution is 0.389. The fraction of sp³-hybridized carbons (Fsp3) is 0.190. The Hall–Kier alpha value is -2.61. The van der Waals surface area contributed by atoms with Crippen LogP contribution in [0.4, 0.5) is 0 Å². The molecule has 1 aromatic rings. The molecule has 0 atom stereocenters. The van der Waals surface area contributed by atoms with Gasteiger partial charge in [0.05, 0.1) is 0 Å². The van der Waals surface area contributed by atoms with Crippen LogP contribution in [0.5, 0.6) is 0 Å². The van der Waals surface area contributed by atoms with E-state index in [4.69, 9.17) is 0 Å². The van der Waals surface area contributed by atoms with E-state index >= 15 is 0 Å². The first-order valence-corrected chi connectivity index (χ1v) is 7.84. The monoisotopic (exact) mass is 304 g/mol. The van der Waals surface area contributed by atoms with Gasteiger partial charge in [0.2, 0.25) is 0 Å². The zero-order valence-electron chi connectivity index (χ0n) is 13.7. The Morgan fingerprint density at radius 2 is 1.74 bits per heavy atom. The second-order valence-electron chi connectivity index (χ2n) is 5.59. The van der Waals surface area contributed by atoms with Gasteiger partial charge in [0.1, 0.15) is 5.84 Å². The standard InChI is InChI=1S/C21H24N2/c1-5-6-14-22-21(23-15-12-17(2)13-16-23)19(4)18(3)20-10-8-7-9-11-20/h5-11,14H,1-4,12-13,15-16H2/b14-6-,22-21+. The maximum absolute atomic E-state index is 4.61. The fourth-order valence-corrected chi connectivity index (χ4v) is 2.51. The molecule has 2 rings (SSSR count). The maximum atomic E-state index is 4.61. The molecular formula is C21H24N2. The lowest BCUT2D eigenvalue weighted by Gasteiger charge is -2.32. The third-order valence-corrected chi connectivity index (χ3v) is 3.95. The van der Waals surface area contributed by atoms with Gasteiger partial charge in [-0.15, -0.1) is 0 Å². The van der Waals surface area contributed by atoms with Crippen LogP contribution in [-0.2, 0) is 0 Å². The quantitative estimate of drug-likeness (QED) is 0.323. The Bertz CT molecular complexity index is 652. The molecule has 0 bridgehead atoms. The molecular weight excluding hydrogens is 280 g/mol. The zero-order valence-corrected chi connectivity index (χ0v) is 13.7. The van der Waals surface area contributed by atoms with Crippen LogP contribution in [0.1, 0.15) is 18.4 Å². The molecule has 0 amide bonds. The number of nitrogens with zero attached hydrogens (tertiary/aromatic N) is 2. The van der Waals surface area contributed by atoms with Gasteiger partial charge in [-0.3, -0.25) is 0 Å². The van der Waals surface area contributed by atoms with Crippen molar-refractivity contribution in [1.82, 2.24) is 4.90 Å². The summed E-state index contributed by atoms with van der Waals surface area (Å²) in [5.74, 6) is 0.879. The second kappa shape index (κ2) is 8.14. The number of rotatable bonds is 5. The highest BCUT2D eigenvalue weighted by atomic mass is 15.2. The van der Waals surface area contributed by atoms with Crippen molar-refractivity contribution in [2.24, 2.45) is 4.99 Å². The van der Waals surface area contributed by atoms with Crippen LogP contribution in [0.25, 0.3) is 5.57 Å². The summed E-state index contributed by atoms with van der Waals surface area (Å²) in [4.78, 5) is 6.87. The summed E-state index contributed by atoms with van der Waals surface area (Å²) >= 11 is 0. The Morgan fingerprint density at radius 1 is 1.09 bits per heavy atom. The van der Waals surface area contributed by atoms with Gasteiger partial charge >= 0.3 is 0 Å². The van der Waals surface area contributed by atoms with E-state index in [-0.39, 0.29) is 0 Å². The van der Waals surface area contributed by atoms with E-state index < -0.39 is 0 Å². The van der Waals surface area contributed by atoms with Gasteiger partial charge in [-0.2, -0.15) is 0 Å². The van der Waals surface area contributed by atoms with Gasteiger partial charge < -0.3 is 4.90 Å². The zero-order chi connectivity index (χ0) is 16.7. The molecule has 0 saturated carbocycles. The molecule has 0 aliphatic carbocycles. The average Bonchev–Trinajstić information content (AvgIpc) is 2.59. The van der Waals surface area contributed by atoms with Crippen LogP contribution in [0.3, 0.4) is 0 Å². The van der Waals surface area contributed by atoms with E-state index in [1.54, 1.807) is 12.3 Å². The smallest absolute Gasteiger partial charge is 0.135 e. The van der Waals surface area contributed by atoms with Crippen LogP contribution >= 0.6 is 0 Å². The summed E-state index contributed by atoms with van der Waals surface area (Å²) in [5, 5.41) is 0. The summed E-state index contributed by atoms with van der Waals surface area (Å²) in [7, 11) is 0. The molecule has 0 aromatic heterocycles. The van der Waals surface area contributed by atoms with E-state index in [1.165, 1.54) is 5.57 Å². The average molecular weight is 304 g/mol. The highest BCUT2D eigenvalue weighted by Crippen LogP contribution is 2.24. The Morgan fingerprint density at radius 3 is 2.35 bits per heavy atom. The minimum absolute atomic E-state index is 0.859. The molecule has 23 heavy (non-hydrogen) atoms. The van der Waals surface area contributed by atoms with Gasteiger partial charge in [0, 0.05) is 24.9 Å². The molecule has 118 valence electrons. The summed E-state index contributed by atoms with van der Waals surface area (Å²) in [6, 6.07) is 10.1. The molecule has 0 spiro atoms. The molecule has 1 aliphatic heterocycles. The molecule has 1 heterocycles. The maximum Gasteiger partial charge on any atom is 0.135 e. The Kier molecular flexibility index (Phi) is 5.93. The predicted molar refractivity (Wildman–Crippen MR) is 101 cm³/mol. The molecule has 0 N–H and O–H groups in total. The Balaban J connectivity index is 2.26. The largest absolute Gasteiger partial charge is 0.355 e. The van der Waals surface area contributed by atoms with Crippen LogP contribution in [-0.4, -0.2) is 23.8 Å². The van der Waals surface area contributed by atoms with Gasteiger partial charge in [0.25, 0.3) is 0 Å². The van der Waals surface area contributed by atoms with Crippen molar-refractivity contribution in [3.63, 3.8) is 0 Å². The van der Waals surface area contributed by atoms with E-state index in [9.17, 15) is 0 Å². The number of benzene rings is 1. The minimum atomic E-state index is 0.859. The third-order valence-electron chi connectivity index (χ3n) is 3.95. The lowest BCUT2D eigenvalue weighted by atomic mass is 9.98. The number of amidine groups is 1. The van der Waals surface area contributed by atoms with Crippen molar-refractivity contribution in [2.45, 2.75) is 12.8 Å². The summed E-state index contributed by atoms with van der Waals surface area (Å²) < 4.78 is 0. The number of likely N-dealkylation sites (tertiary alicyclic amines) is 1. The topological polar surface area (TPSA) is 15.6 Å². The number of hydrogen-bond acceptors (Lipinski definition) is 1. The molecule has 2 nitrogen and oxygen atoms in total. The molecule has 0 radical (unpaired) electrons. The second-order valence-corrected chi connectivity index (χ2v) is 5.59. The molecule has 1 fully saturated rings. The summed E-state index contributed by atoms with van der Waals surface area (Å²) in [6.45, 7) is 18.1. The first-order chi connectivity index (χ1) is 11.1. The SMILES string of the molecule is C=C/C=C\N=C(/C(=C)C(=C)c1ccccc1)N1CCC(=C)CC1. The summed E-state index contributed by atoms with van der Waals surface area (Å²) in [5.41, 5.74) is 4.13. The first-order valence-electron chi connectivity index (χ1n) is 7.84. The van der Waals surface area contributed by atoms with Gasteiger partial charge in [-0.1, -0.05) is 68.3 Å². The number of piperidine rings is 1. The summed E-state index contributed by atoms with van der Waals surface area (Å²) in [6.07, 6.45) is 7.29. The third kappa shape index (κ3) is 4.43. The number of aliphatic imine (C=N–C) groups is 1. The molecule has 0 unspecified atom stereocenters. The highest BCUT2D eigenvalue weighted by molar-refractivity contribution is 6.11. The number of hydrogen-bond donors (Lipinski definition) is 0. The van der Waals surface area contributed by atoms with Crippen LogP contribution in [0.15, 0.2) is 91.1 Å². The van der Waals surface area contributed by atoms with Crippen molar-refractivity contribution in [3.8, 4) is 0 Å². The predicted octanol–water partition coefficient (Wildman–Crippen LogP) is 5.01. The van der Waals surface area contributed by atoms with Gasteiger partial charge in [-0.05, 0) is 30.1 Å². The van der Waals surface area contributed by atoms with Gasteiger partial charge in [-0.25, -0.2) is 4.99 Å². The van der Waals surface area contributed by atoms with E-state index in [2.05, 4.69) is 36.2 Å². The van der Waals surface area contributed by atoms with Crippen LogP contribution in [0, 0.1) is 0 Å². The number of allylic oxidation sites excluding steroid dienone is 2. The molecule has 1 aromatic carbocycles. The van der Waals surface area contributed by atoms with E-state index in [0.717, 1.165) is 48.5 Å². The van der Waals surface area contributed by atoms with Crippen LogP contribution < -0.4 is 0 Å². The van der Waals surface area contributed by atoms with E-state index in [1.807, 2.05) is 36.4 Å². The lowest BCUT2D eigenvalue weighted by Crippen LogP contribution is -2.37. The van der Waals surface area contributed by atoms with Crippen molar-refractivity contribution in [2.75, 3.05) is 13.1 Å². The van der Waals surface area contributed by atoms with Crippen molar-refractivity contribution in [1.29, 1.82) is 0 Å². The minimum Gasteiger partial charge on any atom is -0.355 e. The highest BCUT2D eigenvalue weighted by Gasteiger charge is 2.20. The molecule has 2 heteroatoms. The normalized spacial score (nSPS) is 15.7. The van der Waals surface area contributed by atoms with Gasteiger partial charge in [0.15, 0.2) is 0 Å². The van der Waals surface area contributed by atoms with E-state index in [0.29, 0.717) is 0 Å². The molecule has 1 saturated heterocycles. The van der Waals surface area contributed by atoms with Crippen molar-refractivity contribution < 1.29 is 0 Å². The Labute approximate surface area is 139 Å². The first kappa shape index (κ1) is 16.8. The van der Waals surface area contributed by atoms with Crippen molar-refractivity contribution in [3.05, 3.63) is 91.7 Å². The van der Waals surface area contributed by atoms with Crippen molar-refractivity contribution >= 4 is 11.4 Å². The molecule has 1 aliphatic rings. The fourth-order valence-electron chi connectivity index (χ4n) is 2.51.